The first-order valence-electron chi connectivity index (χ1n) is 10.9. The maximum Gasteiger partial charge on any atom is -0.0236 e. The van der Waals surface area contributed by atoms with Crippen molar-refractivity contribution in [3.8, 4) is 0 Å². The summed E-state index contributed by atoms with van der Waals surface area (Å²) in [4.78, 5) is 0. The smallest absolute Gasteiger partial charge is 0.0236 e. The molecule has 0 unspecified atom stereocenters. The molecule has 2 aliphatic rings. The molecule has 0 amide bonds. The maximum atomic E-state index is 3.96. The Morgan fingerprint density at radius 3 is 1.43 bits per heavy atom. The molecule has 0 radical (unpaired) electrons. The fourth-order valence-electron chi connectivity index (χ4n) is 5.07. The van der Waals surface area contributed by atoms with Crippen LogP contribution in [0.2, 0.25) is 0 Å². The summed E-state index contributed by atoms with van der Waals surface area (Å²) >= 11 is 0. The lowest BCUT2D eigenvalue weighted by atomic mass is 9.77. The van der Waals surface area contributed by atoms with Crippen molar-refractivity contribution >= 4 is 0 Å². The van der Waals surface area contributed by atoms with Crippen molar-refractivity contribution in [3.05, 3.63) is 12.7 Å². The van der Waals surface area contributed by atoms with Crippen molar-refractivity contribution in [2.75, 3.05) is 0 Å². The van der Waals surface area contributed by atoms with Gasteiger partial charge in [-0.2, -0.15) is 0 Å². The third-order valence-electron chi connectivity index (χ3n) is 6.88. The van der Waals surface area contributed by atoms with Crippen molar-refractivity contribution in [2.24, 2.45) is 23.7 Å². The monoisotopic (exact) mass is 318 g/mol. The van der Waals surface area contributed by atoms with E-state index in [9.17, 15) is 0 Å². The van der Waals surface area contributed by atoms with Crippen LogP contribution in [0.1, 0.15) is 110 Å². The molecule has 2 fully saturated rings. The first-order valence-corrected chi connectivity index (χ1v) is 10.9. The molecule has 0 aromatic rings. The normalized spacial score (nSPS) is 31.9. The summed E-state index contributed by atoms with van der Waals surface area (Å²) in [5.74, 6) is 4.03. The molecule has 0 saturated heterocycles. The van der Waals surface area contributed by atoms with Gasteiger partial charge in [-0.15, -0.1) is 6.58 Å². The fraction of sp³-hybridized carbons (Fsp3) is 0.913. The summed E-state index contributed by atoms with van der Waals surface area (Å²) in [6.07, 6.45) is 26.0. The molecule has 2 saturated carbocycles. The first-order chi connectivity index (χ1) is 11.3. The standard InChI is InChI=1S/C23H42/c1-3-5-6-9-21-16-18-23(19-17-21)11-8-7-10-22-14-12-20(4-2)13-15-22/h4,20-23H,2-3,5-19H2,1H3. The van der Waals surface area contributed by atoms with Gasteiger partial charge in [0.25, 0.3) is 0 Å². The molecule has 0 heterocycles. The van der Waals surface area contributed by atoms with Gasteiger partial charge in [-0.05, 0) is 49.4 Å². The van der Waals surface area contributed by atoms with E-state index in [2.05, 4.69) is 19.6 Å². The van der Waals surface area contributed by atoms with Gasteiger partial charge in [0.1, 0.15) is 0 Å². The summed E-state index contributed by atoms with van der Waals surface area (Å²) in [6.45, 7) is 6.28. The highest BCUT2D eigenvalue weighted by atomic mass is 14.3. The van der Waals surface area contributed by atoms with Crippen LogP contribution in [0.5, 0.6) is 0 Å². The Morgan fingerprint density at radius 1 is 0.652 bits per heavy atom. The van der Waals surface area contributed by atoms with Crippen LogP contribution in [0.3, 0.4) is 0 Å². The van der Waals surface area contributed by atoms with Gasteiger partial charge < -0.3 is 0 Å². The van der Waals surface area contributed by atoms with Crippen molar-refractivity contribution < 1.29 is 0 Å². The van der Waals surface area contributed by atoms with E-state index >= 15 is 0 Å². The molecule has 0 N–H and O–H groups in total. The Labute approximate surface area is 146 Å². The molecule has 2 rings (SSSR count). The molecule has 0 aromatic carbocycles. The second kappa shape index (κ2) is 11.3. The predicted molar refractivity (Wildman–Crippen MR) is 104 cm³/mol. The van der Waals surface area contributed by atoms with Gasteiger partial charge in [-0.25, -0.2) is 0 Å². The molecule has 0 nitrogen and oxygen atoms in total. The van der Waals surface area contributed by atoms with Crippen LogP contribution in [-0.4, -0.2) is 0 Å². The van der Waals surface area contributed by atoms with Crippen molar-refractivity contribution in [3.63, 3.8) is 0 Å². The van der Waals surface area contributed by atoms with E-state index in [0.29, 0.717) is 0 Å². The number of hydrogen-bond acceptors (Lipinski definition) is 0. The van der Waals surface area contributed by atoms with Crippen molar-refractivity contribution in [1.82, 2.24) is 0 Å². The van der Waals surface area contributed by atoms with Gasteiger partial charge >= 0.3 is 0 Å². The molecule has 0 bridgehead atoms. The Kier molecular flexibility index (Phi) is 9.39. The molecule has 23 heavy (non-hydrogen) atoms. The lowest BCUT2D eigenvalue weighted by Crippen LogP contribution is -2.15. The number of unbranched alkanes of at least 4 members (excludes halogenated alkanes) is 3. The highest BCUT2D eigenvalue weighted by Gasteiger charge is 2.21. The quantitative estimate of drug-likeness (QED) is 0.283. The minimum atomic E-state index is 0.832. The zero-order valence-electron chi connectivity index (χ0n) is 15.9. The zero-order chi connectivity index (χ0) is 16.3. The lowest BCUT2D eigenvalue weighted by molar-refractivity contribution is 0.239. The largest absolute Gasteiger partial charge is 0.103 e. The molecule has 2 aliphatic carbocycles. The summed E-state index contributed by atoms with van der Waals surface area (Å²) in [7, 11) is 0. The molecule has 0 aliphatic heterocycles. The third-order valence-corrected chi connectivity index (χ3v) is 6.88. The van der Waals surface area contributed by atoms with E-state index in [4.69, 9.17) is 0 Å². The van der Waals surface area contributed by atoms with Crippen molar-refractivity contribution in [2.45, 2.75) is 110 Å². The van der Waals surface area contributed by atoms with Crippen LogP contribution in [0.15, 0.2) is 12.7 Å². The minimum Gasteiger partial charge on any atom is -0.103 e. The van der Waals surface area contributed by atoms with Crippen LogP contribution in [0.25, 0.3) is 0 Å². The van der Waals surface area contributed by atoms with Gasteiger partial charge in [0, 0.05) is 0 Å². The average molecular weight is 319 g/mol. The summed E-state index contributed by atoms with van der Waals surface area (Å²) in [6, 6.07) is 0. The minimum absolute atomic E-state index is 0.832. The van der Waals surface area contributed by atoms with Gasteiger partial charge in [0.15, 0.2) is 0 Å². The van der Waals surface area contributed by atoms with Crippen LogP contribution < -0.4 is 0 Å². The predicted octanol–water partition coefficient (Wildman–Crippen LogP) is 7.93. The van der Waals surface area contributed by atoms with Gasteiger partial charge in [0.2, 0.25) is 0 Å². The second-order valence-electron chi connectivity index (χ2n) is 8.68. The number of rotatable bonds is 10. The molecular weight excluding hydrogens is 276 g/mol. The van der Waals surface area contributed by atoms with Gasteiger partial charge in [0.05, 0.1) is 0 Å². The summed E-state index contributed by atoms with van der Waals surface area (Å²) in [5, 5.41) is 0. The van der Waals surface area contributed by atoms with E-state index < -0.39 is 0 Å². The highest BCUT2D eigenvalue weighted by Crippen LogP contribution is 2.36. The average Bonchev–Trinajstić information content (AvgIpc) is 2.61. The number of hydrogen-bond donors (Lipinski definition) is 0. The Morgan fingerprint density at radius 2 is 1.04 bits per heavy atom. The molecule has 0 atom stereocenters. The van der Waals surface area contributed by atoms with E-state index in [0.717, 1.165) is 23.7 Å². The van der Waals surface area contributed by atoms with E-state index in [1.807, 2.05) is 0 Å². The highest BCUT2D eigenvalue weighted by molar-refractivity contribution is 4.84. The van der Waals surface area contributed by atoms with E-state index in [1.54, 1.807) is 25.7 Å². The topological polar surface area (TPSA) is 0 Å². The Bertz CT molecular complexity index is 289. The zero-order valence-corrected chi connectivity index (χ0v) is 15.9. The maximum absolute atomic E-state index is 3.96. The second-order valence-corrected chi connectivity index (χ2v) is 8.68. The van der Waals surface area contributed by atoms with Crippen LogP contribution >= 0.6 is 0 Å². The van der Waals surface area contributed by atoms with Gasteiger partial charge in [-0.1, -0.05) is 90.0 Å². The Balaban J connectivity index is 1.46. The van der Waals surface area contributed by atoms with Gasteiger partial charge in [-0.3, -0.25) is 0 Å². The van der Waals surface area contributed by atoms with E-state index in [-0.39, 0.29) is 0 Å². The molecule has 0 heteroatoms. The molecular formula is C23H42. The molecule has 0 spiro atoms. The number of allylic oxidation sites excluding steroid dienone is 1. The lowest BCUT2D eigenvalue weighted by Gasteiger charge is -2.29. The molecule has 0 aromatic heterocycles. The molecule has 134 valence electrons. The van der Waals surface area contributed by atoms with Crippen molar-refractivity contribution in [1.29, 1.82) is 0 Å². The summed E-state index contributed by atoms with van der Waals surface area (Å²) < 4.78 is 0. The first kappa shape index (κ1) is 19.1. The third kappa shape index (κ3) is 7.44. The summed E-state index contributed by atoms with van der Waals surface area (Å²) in [5.41, 5.74) is 0. The van der Waals surface area contributed by atoms with Crippen LogP contribution in [0.4, 0.5) is 0 Å². The Hall–Kier alpha value is -0.260. The van der Waals surface area contributed by atoms with Crippen LogP contribution in [-0.2, 0) is 0 Å². The van der Waals surface area contributed by atoms with E-state index in [1.165, 1.54) is 77.0 Å². The van der Waals surface area contributed by atoms with Crippen LogP contribution in [0, 0.1) is 23.7 Å². The SMILES string of the molecule is C=CC1CCC(CCCCC2CCC(CCCCC)CC2)CC1. The fourth-order valence-corrected chi connectivity index (χ4v) is 5.07.